The third-order valence-corrected chi connectivity index (χ3v) is 6.74. The number of nitrogens with zero attached hydrogens (tertiary/aromatic N) is 2. The lowest BCUT2D eigenvalue weighted by Gasteiger charge is -2.24. The molecule has 0 amide bonds. The average Bonchev–Trinajstić information content (AvgIpc) is 2.67. The number of halogens is 3. The molecule has 3 unspecified atom stereocenters. The zero-order valence-electron chi connectivity index (χ0n) is 19.4. The quantitative estimate of drug-likeness (QED) is 0.380. The Hall–Kier alpha value is -0.420. The zero-order chi connectivity index (χ0) is 22.7. The van der Waals surface area contributed by atoms with Gasteiger partial charge in [0.05, 0.1) is 15.7 Å². The predicted octanol–water partition coefficient (Wildman–Crippen LogP) is 5.98. The molecule has 6 nitrogen and oxygen atoms in total. The number of hydrogen-bond donors (Lipinski definition) is 2. The summed E-state index contributed by atoms with van der Waals surface area (Å²) in [5.74, 6) is 0. The molecule has 2 aromatic rings. The molecule has 2 rings (SSSR count). The molecule has 0 saturated carbocycles. The summed E-state index contributed by atoms with van der Waals surface area (Å²) in [4.78, 5) is 8.23. The summed E-state index contributed by atoms with van der Waals surface area (Å²) in [5.41, 5.74) is 8.09. The standard InChI is InChI=1S/C13H21BrN2OS.C9H13BrN2.ClH.H2O/c1-5-6-12(16-18(17)13(2,3)4)10-7-11(14)9-15-8-10;1-2-3-9(11)7-4-8(10)6-12-5-7;;/h7-9,12,16H,5-6H2,1-4H3;4-6,9H,2-3,11H2,1H3;1H;1H2. The van der Waals surface area contributed by atoms with Crippen LogP contribution < -0.4 is 10.5 Å². The van der Waals surface area contributed by atoms with Gasteiger partial charge in [-0.05, 0) is 88.7 Å². The third kappa shape index (κ3) is 12.7. The SMILES string of the molecule is CCCC(N)c1cncc(Br)c1.CCCC(NS(=O)C(C)(C)C)c1cncc(Br)c1.Cl.O. The van der Waals surface area contributed by atoms with E-state index in [9.17, 15) is 4.21 Å². The van der Waals surface area contributed by atoms with Crippen LogP contribution in [0.5, 0.6) is 0 Å². The Morgan fingerprint density at radius 2 is 1.44 bits per heavy atom. The van der Waals surface area contributed by atoms with E-state index in [1.54, 1.807) is 12.4 Å². The number of aromatic nitrogens is 2. The number of nitrogens with two attached hydrogens (primary N) is 1. The van der Waals surface area contributed by atoms with Crippen LogP contribution >= 0.6 is 44.3 Å². The van der Waals surface area contributed by atoms with Crippen molar-refractivity contribution < 1.29 is 9.69 Å². The predicted molar refractivity (Wildman–Crippen MR) is 145 cm³/mol. The number of rotatable bonds is 8. The lowest BCUT2D eigenvalue weighted by molar-refractivity contribution is 0.563. The lowest BCUT2D eigenvalue weighted by Crippen LogP contribution is -2.35. The molecule has 0 aliphatic heterocycles. The smallest absolute Gasteiger partial charge is 0.0975 e. The first-order valence-electron chi connectivity index (χ1n) is 10.2. The van der Waals surface area contributed by atoms with Gasteiger partial charge in [-0.15, -0.1) is 12.4 Å². The molecule has 2 heterocycles. The van der Waals surface area contributed by atoms with Crippen molar-refractivity contribution in [2.24, 2.45) is 5.73 Å². The Bertz CT molecular complexity index is 809. The number of pyridine rings is 2. The summed E-state index contributed by atoms with van der Waals surface area (Å²) in [7, 11) is -1.07. The Kier molecular flexibility index (Phi) is 18.0. The highest BCUT2D eigenvalue weighted by atomic mass is 79.9. The maximum Gasteiger partial charge on any atom is 0.0975 e. The van der Waals surface area contributed by atoms with Crippen LogP contribution in [0, 0.1) is 0 Å². The topological polar surface area (TPSA) is 112 Å². The Labute approximate surface area is 218 Å². The molecule has 0 bridgehead atoms. The Morgan fingerprint density at radius 1 is 0.969 bits per heavy atom. The highest BCUT2D eigenvalue weighted by molar-refractivity contribution is 9.10. The molecular weight excluding hydrogens is 580 g/mol. The van der Waals surface area contributed by atoms with Crippen LogP contribution in [-0.4, -0.2) is 24.4 Å². The van der Waals surface area contributed by atoms with E-state index in [1.165, 1.54) is 0 Å². The van der Waals surface area contributed by atoms with Gasteiger partial charge in [0, 0.05) is 45.8 Å². The van der Waals surface area contributed by atoms with Crippen molar-refractivity contribution in [1.82, 2.24) is 14.7 Å². The molecule has 0 aliphatic carbocycles. The van der Waals surface area contributed by atoms with Crippen molar-refractivity contribution in [3.05, 3.63) is 57.0 Å². The monoisotopic (exact) mass is 614 g/mol. The van der Waals surface area contributed by atoms with Gasteiger partial charge in [-0.1, -0.05) is 26.7 Å². The van der Waals surface area contributed by atoms with E-state index in [0.29, 0.717) is 0 Å². The number of hydrogen-bond acceptors (Lipinski definition) is 4. The minimum atomic E-state index is -1.07. The number of nitrogens with one attached hydrogen (secondary N) is 1. The van der Waals surface area contributed by atoms with Crippen molar-refractivity contribution in [2.45, 2.75) is 77.1 Å². The van der Waals surface area contributed by atoms with Gasteiger partial charge in [0.15, 0.2) is 0 Å². The van der Waals surface area contributed by atoms with Crippen molar-refractivity contribution in [3.8, 4) is 0 Å². The normalized spacial score (nSPS) is 13.5. The van der Waals surface area contributed by atoms with Gasteiger partial charge in [0.1, 0.15) is 0 Å². The molecule has 184 valence electrons. The van der Waals surface area contributed by atoms with Crippen molar-refractivity contribution in [2.75, 3.05) is 0 Å². The molecule has 2 aromatic heterocycles. The maximum atomic E-state index is 12.2. The van der Waals surface area contributed by atoms with Crippen molar-refractivity contribution in [1.29, 1.82) is 0 Å². The van der Waals surface area contributed by atoms with Crippen LogP contribution in [0.3, 0.4) is 0 Å². The second kappa shape index (κ2) is 17.1. The Morgan fingerprint density at radius 3 is 1.88 bits per heavy atom. The summed E-state index contributed by atoms with van der Waals surface area (Å²) in [5, 5.41) is 0. The summed E-state index contributed by atoms with van der Waals surface area (Å²) < 4.78 is 17.1. The van der Waals surface area contributed by atoms with E-state index >= 15 is 0 Å². The van der Waals surface area contributed by atoms with Gasteiger partial charge in [-0.3, -0.25) is 9.97 Å². The van der Waals surface area contributed by atoms with Crippen LogP contribution in [-0.2, 0) is 11.0 Å². The first-order chi connectivity index (χ1) is 14.1. The van der Waals surface area contributed by atoms with Crippen LogP contribution in [0.2, 0.25) is 0 Å². The van der Waals surface area contributed by atoms with Crippen molar-refractivity contribution in [3.63, 3.8) is 0 Å². The maximum absolute atomic E-state index is 12.2. The first-order valence-corrected chi connectivity index (χ1v) is 13.0. The molecule has 5 N–H and O–H groups in total. The van der Waals surface area contributed by atoms with E-state index in [4.69, 9.17) is 5.73 Å². The third-order valence-electron chi connectivity index (χ3n) is 4.27. The van der Waals surface area contributed by atoms with Gasteiger partial charge in [-0.25, -0.2) is 8.93 Å². The average molecular weight is 617 g/mol. The van der Waals surface area contributed by atoms with Gasteiger partial charge >= 0.3 is 0 Å². The molecule has 0 saturated heterocycles. The molecule has 32 heavy (non-hydrogen) atoms. The molecule has 3 atom stereocenters. The van der Waals surface area contributed by atoms with Crippen molar-refractivity contribution >= 4 is 55.3 Å². The minimum Gasteiger partial charge on any atom is -0.412 e. The van der Waals surface area contributed by atoms with Crippen LogP contribution in [0.15, 0.2) is 45.9 Å². The van der Waals surface area contributed by atoms with E-state index < -0.39 is 11.0 Å². The fraction of sp³-hybridized carbons (Fsp3) is 0.545. The lowest BCUT2D eigenvalue weighted by atomic mass is 10.1. The van der Waals surface area contributed by atoms with Crippen LogP contribution in [0.25, 0.3) is 0 Å². The summed E-state index contributed by atoms with van der Waals surface area (Å²) in [6.45, 7) is 10.2. The molecule has 0 aliphatic rings. The second-order valence-electron chi connectivity index (χ2n) is 8.11. The van der Waals surface area contributed by atoms with Gasteiger partial charge in [0.2, 0.25) is 0 Å². The minimum absolute atomic E-state index is 0. The van der Waals surface area contributed by atoms with E-state index in [-0.39, 0.29) is 34.7 Å². The second-order valence-corrected chi connectivity index (χ2v) is 11.9. The Balaban J connectivity index is 0. The highest BCUT2D eigenvalue weighted by Gasteiger charge is 2.23. The largest absolute Gasteiger partial charge is 0.412 e. The summed E-state index contributed by atoms with van der Waals surface area (Å²) in [6, 6.07) is 4.26. The fourth-order valence-corrected chi connectivity index (χ4v) is 4.25. The van der Waals surface area contributed by atoms with Gasteiger partial charge in [0.25, 0.3) is 0 Å². The molecule has 0 radical (unpaired) electrons. The molecule has 0 spiro atoms. The highest BCUT2D eigenvalue weighted by Crippen LogP contribution is 2.23. The molecule has 10 heteroatoms. The van der Waals surface area contributed by atoms with Gasteiger partial charge < -0.3 is 11.2 Å². The molecule has 0 aromatic carbocycles. The zero-order valence-corrected chi connectivity index (χ0v) is 24.2. The molecule has 0 fully saturated rings. The van der Waals surface area contributed by atoms with Gasteiger partial charge in [-0.2, -0.15) is 0 Å². The van der Waals surface area contributed by atoms with E-state index in [1.807, 2.05) is 45.3 Å². The van der Waals surface area contributed by atoms with Crippen LogP contribution in [0.1, 0.15) is 83.5 Å². The first kappa shape index (κ1) is 33.8. The van der Waals surface area contributed by atoms with Crippen LogP contribution in [0.4, 0.5) is 0 Å². The summed E-state index contributed by atoms with van der Waals surface area (Å²) >= 11 is 6.78. The van der Waals surface area contributed by atoms with E-state index in [0.717, 1.165) is 45.8 Å². The van der Waals surface area contributed by atoms with E-state index in [2.05, 4.69) is 60.4 Å². The molecular formula is C22H37Br2ClN4O2S. The fourth-order valence-electron chi connectivity index (χ4n) is 2.62. The summed E-state index contributed by atoms with van der Waals surface area (Å²) in [6.07, 6.45) is 11.3.